The quantitative estimate of drug-likeness (QED) is 0.526. The molecule has 2 aromatic rings. The van der Waals surface area contributed by atoms with E-state index in [1.54, 1.807) is 19.1 Å². The van der Waals surface area contributed by atoms with Crippen molar-refractivity contribution in [1.29, 1.82) is 0 Å². The number of carbonyl (C=O) groups excluding carboxylic acids is 1. The van der Waals surface area contributed by atoms with Crippen LogP contribution >= 0.6 is 0 Å². The van der Waals surface area contributed by atoms with E-state index >= 15 is 0 Å². The molecule has 1 aromatic heterocycles. The number of aryl methyl sites for hydroxylation is 1. The first-order chi connectivity index (χ1) is 10.6. The van der Waals surface area contributed by atoms with Crippen LogP contribution in [0.1, 0.15) is 35.2 Å². The molecule has 118 valence electrons. The van der Waals surface area contributed by atoms with Crippen LogP contribution in [0.25, 0.3) is 0 Å². The van der Waals surface area contributed by atoms with Gasteiger partial charge in [0.25, 0.3) is 0 Å². The largest absolute Gasteiger partial charge is 0.494 e. The van der Waals surface area contributed by atoms with Gasteiger partial charge in [0.15, 0.2) is 5.78 Å². The monoisotopic (exact) mass is 303 g/mol. The maximum atomic E-state index is 11.2. The number of hydrogen-bond acceptors (Lipinski definition) is 5. The Morgan fingerprint density at radius 2 is 1.95 bits per heavy atom. The van der Waals surface area contributed by atoms with Gasteiger partial charge in [-0.1, -0.05) is 5.16 Å². The second kappa shape index (κ2) is 8.34. The highest BCUT2D eigenvalue weighted by molar-refractivity contribution is 5.94. The molecule has 5 nitrogen and oxygen atoms in total. The van der Waals surface area contributed by atoms with Gasteiger partial charge < -0.3 is 14.0 Å². The third kappa shape index (κ3) is 5.33. The molecule has 0 spiro atoms. The van der Waals surface area contributed by atoms with Crippen LogP contribution in [0, 0.1) is 6.92 Å². The summed E-state index contributed by atoms with van der Waals surface area (Å²) in [6.07, 6.45) is 1.54. The van der Waals surface area contributed by atoms with Crippen LogP contribution in [0.3, 0.4) is 0 Å². The normalized spacial score (nSPS) is 10.6. The minimum Gasteiger partial charge on any atom is -0.494 e. The maximum Gasteiger partial charge on any atom is 0.159 e. The van der Waals surface area contributed by atoms with Crippen LogP contribution in [0.15, 0.2) is 34.9 Å². The summed E-state index contributed by atoms with van der Waals surface area (Å²) in [5.74, 6) is 1.67. The van der Waals surface area contributed by atoms with E-state index in [1.165, 1.54) is 0 Å². The molecule has 0 aliphatic rings. The fourth-order valence-electron chi connectivity index (χ4n) is 1.95. The molecule has 22 heavy (non-hydrogen) atoms. The first kappa shape index (κ1) is 16.2. The Bertz CT molecular complexity index is 589. The summed E-state index contributed by atoms with van der Waals surface area (Å²) in [5.41, 5.74) is 1.58. The predicted molar refractivity (Wildman–Crippen MR) is 82.3 cm³/mol. The van der Waals surface area contributed by atoms with E-state index in [0.717, 1.165) is 30.0 Å². The van der Waals surface area contributed by atoms with Gasteiger partial charge in [-0.25, -0.2) is 0 Å². The molecule has 1 aromatic carbocycles. The molecule has 0 bridgehead atoms. The molecule has 0 N–H and O–H groups in total. The Morgan fingerprint density at radius 3 is 2.59 bits per heavy atom. The maximum absolute atomic E-state index is 11.2. The highest BCUT2D eigenvalue weighted by Crippen LogP contribution is 2.12. The van der Waals surface area contributed by atoms with Crippen molar-refractivity contribution in [1.82, 2.24) is 5.16 Å². The number of nitrogens with zero attached hydrogens (tertiary/aromatic N) is 1. The van der Waals surface area contributed by atoms with Gasteiger partial charge in [0.1, 0.15) is 11.5 Å². The molecule has 0 aliphatic carbocycles. The lowest BCUT2D eigenvalue weighted by molar-refractivity contribution is 0.101. The topological polar surface area (TPSA) is 61.6 Å². The van der Waals surface area contributed by atoms with E-state index in [2.05, 4.69) is 5.16 Å². The fourth-order valence-corrected chi connectivity index (χ4v) is 1.95. The van der Waals surface area contributed by atoms with Crippen molar-refractivity contribution in [2.75, 3.05) is 19.8 Å². The zero-order valence-electron chi connectivity index (χ0n) is 13.0. The van der Waals surface area contributed by atoms with Crippen molar-refractivity contribution in [3.63, 3.8) is 0 Å². The number of ketones is 1. The number of aromatic nitrogens is 1. The predicted octanol–water partition coefficient (Wildman–Crippen LogP) is 3.21. The molecular formula is C17H21NO4. The van der Waals surface area contributed by atoms with E-state index in [1.807, 2.05) is 25.1 Å². The highest BCUT2D eigenvalue weighted by atomic mass is 16.5. The molecule has 2 rings (SSSR count). The van der Waals surface area contributed by atoms with Crippen LogP contribution in [0.4, 0.5) is 0 Å². The molecule has 0 aliphatic heterocycles. The number of ether oxygens (including phenoxy) is 2. The summed E-state index contributed by atoms with van der Waals surface area (Å²) in [4.78, 5) is 11.2. The number of Topliss-reactive ketones (excluding diaryl/α,β-unsaturated/α-hetero) is 1. The highest BCUT2D eigenvalue weighted by Gasteiger charge is 2.01. The zero-order valence-corrected chi connectivity index (χ0v) is 13.0. The van der Waals surface area contributed by atoms with Gasteiger partial charge in [-0.2, -0.15) is 0 Å². The van der Waals surface area contributed by atoms with Gasteiger partial charge in [-0.3, -0.25) is 4.79 Å². The van der Waals surface area contributed by atoms with Crippen LogP contribution < -0.4 is 4.74 Å². The van der Waals surface area contributed by atoms with Gasteiger partial charge in [0.2, 0.25) is 0 Å². The number of benzene rings is 1. The minimum atomic E-state index is 0.0573. The van der Waals surface area contributed by atoms with Crippen molar-refractivity contribution in [2.24, 2.45) is 0 Å². The molecule has 0 amide bonds. The smallest absolute Gasteiger partial charge is 0.159 e. The second-order valence-electron chi connectivity index (χ2n) is 5.08. The van der Waals surface area contributed by atoms with Gasteiger partial charge in [0.05, 0.1) is 18.9 Å². The molecule has 0 radical (unpaired) electrons. The number of carbonyl (C=O) groups is 1. The van der Waals surface area contributed by atoms with Gasteiger partial charge in [-0.15, -0.1) is 0 Å². The summed E-state index contributed by atoms with van der Waals surface area (Å²) in [6, 6.07) is 9.08. The van der Waals surface area contributed by atoms with E-state index in [0.29, 0.717) is 25.4 Å². The van der Waals surface area contributed by atoms with Crippen LogP contribution in [0.2, 0.25) is 0 Å². The molecule has 0 atom stereocenters. The summed E-state index contributed by atoms with van der Waals surface area (Å²) in [5, 5.41) is 3.82. The lowest BCUT2D eigenvalue weighted by atomic mass is 10.1. The minimum absolute atomic E-state index is 0.0573. The van der Waals surface area contributed by atoms with Gasteiger partial charge in [-0.05, 0) is 38.1 Å². The Balaban J connectivity index is 1.54. The molecule has 0 fully saturated rings. The first-order valence-electron chi connectivity index (χ1n) is 7.39. The van der Waals surface area contributed by atoms with E-state index in [4.69, 9.17) is 14.0 Å². The Kier molecular flexibility index (Phi) is 6.15. The van der Waals surface area contributed by atoms with E-state index in [9.17, 15) is 4.79 Å². The number of rotatable bonds is 9. The van der Waals surface area contributed by atoms with Gasteiger partial charge >= 0.3 is 0 Å². The third-order valence-electron chi connectivity index (χ3n) is 3.13. The van der Waals surface area contributed by atoms with Crippen LogP contribution in [-0.2, 0) is 11.2 Å². The standard InChI is InChI=1S/C17H21NO4/c1-13-12-17(22-18-13)8-11-20-9-3-10-21-16-6-4-15(5-7-16)14(2)19/h4-7,12H,3,8-11H2,1-2H3. The van der Waals surface area contributed by atoms with Gasteiger partial charge in [0, 0.05) is 31.1 Å². The Morgan fingerprint density at radius 1 is 1.18 bits per heavy atom. The van der Waals surface area contributed by atoms with Crippen LogP contribution in [-0.4, -0.2) is 30.8 Å². The van der Waals surface area contributed by atoms with Crippen molar-refractivity contribution in [3.8, 4) is 5.75 Å². The van der Waals surface area contributed by atoms with E-state index < -0.39 is 0 Å². The molecule has 0 saturated carbocycles. The second-order valence-corrected chi connectivity index (χ2v) is 5.08. The number of hydrogen-bond donors (Lipinski definition) is 0. The summed E-state index contributed by atoms with van der Waals surface area (Å²) in [6.45, 7) is 5.28. The Labute approximate surface area is 130 Å². The Hall–Kier alpha value is -2.14. The van der Waals surface area contributed by atoms with Crippen molar-refractivity contribution in [2.45, 2.75) is 26.7 Å². The SMILES string of the molecule is CC(=O)c1ccc(OCCCOCCc2cc(C)no2)cc1. The lowest BCUT2D eigenvalue weighted by Crippen LogP contribution is -2.05. The molecule has 0 saturated heterocycles. The van der Waals surface area contributed by atoms with Crippen LogP contribution in [0.5, 0.6) is 5.75 Å². The molecule has 1 heterocycles. The fraction of sp³-hybridized carbons (Fsp3) is 0.412. The zero-order chi connectivity index (χ0) is 15.8. The van der Waals surface area contributed by atoms with E-state index in [-0.39, 0.29) is 5.78 Å². The van der Waals surface area contributed by atoms with Crippen molar-refractivity contribution in [3.05, 3.63) is 47.3 Å². The molecule has 5 heteroatoms. The average Bonchev–Trinajstić information content (AvgIpc) is 2.92. The summed E-state index contributed by atoms with van der Waals surface area (Å²) >= 11 is 0. The molecule has 0 unspecified atom stereocenters. The summed E-state index contributed by atoms with van der Waals surface area (Å²) in [7, 11) is 0. The van der Waals surface area contributed by atoms with Crippen molar-refractivity contribution < 1.29 is 18.8 Å². The van der Waals surface area contributed by atoms with Crippen molar-refractivity contribution >= 4 is 5.78 Å². The third-order valence-corrected chi connectivity index (χ3v) is 3.13. The molecular weight excluding hydrogens is 282 g/mol. The summed E-state index contributed by atoms with van der Waals surface area (Å²) < 4.78 is 16.2. The first-order valence-corrected chi connectivity index (χ1v) is 7.39. The lowest BCUT2D eigenvalue weighted by Gasteiger charge is -2.07. The average molecular weight is 303 g/mol.